The first-order valence-electron chi connectivity index (χ1n) is 8.06. The standard InChI is InChI=1S/C19H23FN2/c1-15(21-14-16-7-3-2-4-8-16)17-9-10-19(18(20)13-17)22-11-5-6-12-22/h2-4,7-10,13,15,21H,5-6,11-12,14H2,1H3/t15-/m1/s1. The Bertz CT molecular complexity index is 606. The molecule has 116 valence electrons. The Kier molecular flexibility index (Phi) is 4.74. The monoisotopic (exact) mass is 298 g/mol. The molecule has 2 aromatic rings. The lowest BCUT2D eigenvalue weighted by molar-refractivity contribution is 0.564. The van der Waals surface area contributed by atoms with Gasteiger partial charge in [0.2, 0.25) is 0 Å². The summed E-state index contributed by atoms with van der Waals surface area (Å²) in [6.07, 6.45) is 2.33. The molecule has 22 heavy (non-hydrogen) atoms. The summed E-state index contributed by atoms with van der Waals surface area (Å²) in [5.41, 5.74) is 2.98. The van der Waals surface area contributed by atoms with Crippen molar-refractivity contribution in [3.63, 3.8) is 0 Å². The highest BCUT2D eigenvalue weighted by atomic mass is 19.1. The lowest BCUT2D eigenvalue weighted by Gasteiger charge is -2.20. The summed E-state index contributed by atoms with van der Waals surface area (Å²) in [5, 5.41) is 3.45. The van der Waals surface area contributed by atoms with Gasteiger partial charge < -0.3 is 10.2 Å². The van der Waals surface area contributed by atoms with Gasteiger partial charge in [-0.1, -0.05) is 36.4 Å². The summed E-state index contributed by atoms with van der Waals surface area (Å²) < 4.78 is 14.4. The zero-order valence-corrected chi connectivity index (χ0v) is 13.1. The van der Waals surface area contributed by atoms with Crippen molar-refractivity contribution >= 4 is 5.69 Å². The van der Waals surface area contributed by atoms with Crippen LogP contribution in [0.3, 0.4) is 0 Å². The molecule has 3 heteroatoms. The fourth-order valence-electron chi connectivity index (χ4n) is 2.99. The van der Waals surface area contributed by atoms with Crippen LogP contribution in [0.1, 0.15) is 36.9 Å². The van der Waals surface area contributed by atoms with Crippen molar-refractivity contribution in [3.05, 3.63) is 65.5 Å². The van der Waals surface area contributed by atoms with Crippen LogP contribution in [0.5, 0.6) is 0 Å². The lowest BCUT2D eigenvalue weighted by Crippen LogP contribution is -2.21. The maximum absolute atomic E-state index is 14.4. The summed E-state index contributed by atoms with van der Waals surface area (Å²) in [5.74, 6) is -0.104. The van der Waals surface area contributed by atoms with Gasteiger partial charge in [0.1, 0.15) is 5.82 Å². The molecule has 1 fully saturated rings. The second-order valence-electron chi connectivity index (χ2n) is 5.99. The highest BCUT2D eigenvalue weighted by Crippen LogP contribution is 2.26. The molecule has 1 atom stereocenters. The number of nitrogens with zero attached hydrogens (tertiary/aromatic N) is 1. The minimum atomic E-state index is -0.104. The molecule has 3 rings (SSSR count). The summed E-state index contributed by atoms with van der Waals surface area (Å²) in [4.78, 5) is 2.14. The number of rotatable bonds is 5. The van der Waals surface area contributed by atoms with E-state index in [1.165, 1.54) is 5.56 Å². The largest absolute Gasteiger partial charge is 0.369 e. The molecule has 1 N–H and O–H groups in total. The topological polar surface area (TPSA) is 15.3 Å². The molecule has 0 bridgehead atoms. The van der Waals surface area contributed by atoms with Crippen molar-refractivity contribution in [3.8, 4) is 0 Å². The molecule has 0 radical (unpaired) electrons. The second kappa shape index (κ2) is 6.93. The van der Waals surface area contributed by atoms with Crippen LogP contribution in [-0.2, 0) is 6.54 Å². The first-order chi connectivity index (χ1) is 10.7. The van der Waals surface area contributed by atoms with Gasteiger partial charge in [-0.2, -0.15) is 0 Å². The van der Waals surface area contributed by atoms with Crippen molar-refractivity contribution in [1.29, 1.82) is 0 Å². The Hall–Kier alpha value is -1.87. The predicted molar refractivity (Wildman–Crippen MR) is 89.5 cm³/mol. The van der Waals surface area contributed by atoms with Gasteiger partial charge in [0.05, 0.1) is 5.69 Å². The van der Waals surface area contributed by atoms with Gasteiger partial charge in [-0.05, 0) is 43.0 Å². The van der Waals surface area contributed by atoms with Gasteiger partial charge in [-0.15, -0.1) is 0 Å². The summed E-state index contributed by atoms with van der Waals surface area (Å²) in [7, 11) is 0. The third kappa shape index (κ3) is 3.47. The third-order valence-corrected chi connectivity index (χ3v) is 4.37. The molecule has 1 saturated heterocycles. The van der Waals surface area contributed by atoms with E-state index in [0.29, 0.717) is 0 Å². The molecular weight excluding hydrogens is 275 g/mol. The number of halogens is 1. The van der Waals surface area contributed by atoms with E-state index >= 15 is 0 Å². The second-order valence-corrected chi connectivity index (χ2v) is 5.99. The Morgan fingerprint density at radius 3 is 2.50 bits per heavy atom. The maximum atomic E-state index is 14.4. The molecule has 0 unspecified atom stereocenters. The van der Waals surface area contributed by atoms with Crippen molar-refractivity contribution in [2.75, 3.05) is 18.0 Å². The molecule has 0 saturated carbocycles. The van der Waals surface area contributed by atoms with Crippen LogP contribution in [0.15, 0.2) is 48.5 Å². The number of hydrogen-bond acceptors (Lipinski definition) is 2. The van der Waals surface area contributed by atoms with Gasteiger partial charge in [0, 0.05) is 25.7 Å². The van der Waals surface area contributed by atoms with E-state index in [-0.39, 0.29) is 11.9 Å². The van der Waals surface area contributed by atoms with E-state index in [1.54, 1.807) is 6.07 Å². The summed E-state index contributed by atoms with van der Waals surface area (Å²) in [6.45, 7) is 4.81. The van der Waals surface area contributed by atoms with Crippen LogP contribution in [-0.4, -0.2) is 13.1 Å². The van der Waals surface area contributed by atoms with Crippen molar-refractivity contribution in [1.82, 2.24) is 5.32 Å². The van der Waals surface area contributed by atoms with Gasteiger partial charge in [0.25, 0.3) is 0 Å². The van der Waals surface area contributed by atoms with Crippen LogP contribution in [0.25, 0.3) is 0 Å². The smallest absolute Gasteiger partial charge is 0.146 e. The Labute approximate surface area is 132 Å². The Morgan fingerprint density at radius 2 is 1.82 bits per heavy atom. The zero-order chi connectivity index (χ0) is 15.4. The number of hydrogen-bond donors (Lipinski definition) is 1. The van der Waals surface area contributed by atoms with Crippen LogP contribution in [0.2, 0.25) is 0 Å². The molecule has 1 aliphatic rings. The highest BCUT2D eigenvalue weighted by Gasteiger charge is 2.17. The minimum absolute atomic E-state index is 0.104. The third-order valence-electron chi connectivity index (χ3n) is 4.37. The fraction of sp³-hybridized carbons (Fsp3) is 0.368. The Balaban J connectivity index is 1.65. The van der Waals surface area contributed by atoms with Gasteiger partial charge in [-0.25, -0.2) is 4.39 Å². The summed E-state index contributed by atoms with van der Waals surface area (Å²) >= 11 is 0. The van der Waals surface area contributed by atoms with E-state index in [2.05, 4.69) is 29.3 Å². The maximum Gasteiger partial charge on any atom is 0.146 e. The van der Waals surface area contributed by atoms with E-state index < -0.39 is 0 Å². The molecule has 0 amide bonds. The first kappa shape index (κ1) is 15.0. The van der Waals surface area contributed by atoms with Crippen molar-refractivity contribution in [2.45, 2.75) is 32.4 Å². The van der Waals surface area contributed by atoms with E-state index in [0.717, 1.165) is 43.7 Å². The molecule has 0 spiro atoms. The molecule has 2 aromatic carbocycles. The van der Waals surface area contributed by atoms with Crippen molar-refractivity contribution in [2.24, 2.45) is 0 Å². The van der Waals surface area contributed by atoms with Crippen molar-refractivity contribution < 1.29 is 4.39 Å². The molecular formula is C19H23FN2. The molecule has 1 heterocycles. The van der Waals surface area contributed by atoms with Crippen LogP contribution in [0, 0.1) is 5.82 Å². The molecule has 0 aliphatic carbocycles. The van der Waals surface area contributed by atoms with E-state index in [1.807, 2.05) is 30.3 Å². The average molecular weight is 298 g/mol. The summed E-state index contributed by atoms with van der Waals surface area (Å²) in [6, 6.07) is 16.0. The van der Waals surface area contributed by atoms with Gasteiger partial charge in [-0.3, -0.25) is 0 Å². The van der Waals surface area contributed by atoms with E-state index in [4.69, 9.17) is 0 Å². The fourth-order valence-corrected chi connectivity index (χ4v) is 2.99. The zero-order valence-electron chi connectivity index (χ0n) is 13.1. The number of anilines is 1. The SMILES string of the molecule is C[C@@H](NCc1ccccc1)c1ccc(N2CCCC2)c(F)c1. The Morgan fingerprint density at radius 1 is 1.09 bits per heavy atom. The number of nitrogens with one attached hydrogen (secondary N) is 1. The minimum Gasteiger partial charge on any atom is -0.369 e. The van der Waals surface area contributed by atoms with Gasteiger partial charge >= 0.3 is 0 Å². The normalized spacial score (nSPS) is 16.0. The van der Waals surface area contributed by atoms with Crippen LogP contribution >= 0.6 is 0 Å². The quantitative estimate of drug-likeness (QED) is 0.886. The lowest BCUT2D eigenvalue weighted by atomic mass is 10.1. The van der Waals surface area contributed by atoms with Gasteiger partial charge in [0.15, 0.2) is 0 Å². The molecule has 0 aromatic heterocycles. The average Bonchev–Trinajstić information content (AvgIpc) is 3.07. The van der Waals surface area contributed by atoms with E-state index in [9.17, 15) is 4.39 Å². The molecule has 2 nitrogen and oxygen atoms in total. The highest BCUT2D eigenvalue weighted by molar-refractivity contribution is 5.50. The number of benzene rings is 2. The predicted octanol–water partition coefficient (Wildman–Crippen LogP) is 4.28. The van der Waals surface area contributed by atoms with Crippen LogP contribution in [0.4, 0.5) is 10.1 Å². The molecule has 1 aliphatic heterocycles. The van der Waals surface area contributed by atoms with Crippen LogP contribution < -0.4 is 10.2 Å². The first-order valence-corrected chi connectivity index (χ1v) is 8.06.